The number of ether oxygens (including phenoxy) is 4. The Hall–Kier alpha value is -4.59. The molecule has 0 bridgehead atoms. The Kier molecular flexibility index (Phi) is 5.94. The maximum Gasteiger partial charge on any atom is 0.255 e. The van der Waals surface area contributed by atoms with Gasteiger partial charge in [0.25, 0.3) is 5.91 Å². The molecule has 0 fully saturated rings. The van der Waals surface area contributed by atoms with Crippen molar-refractivity contribution in [1.82, 2.24) is 10.2 Å². The van der Waals surface area contributed by atoms with Gasteiger partial charge in [-0.1, -0.05) is 18.2 Å². The van der Waals surface area contributed by atoms with Gasteiger partial charge in [-0.05, 0) is 42.5 Å². The number of methoxy groups -OCH3 is 1. The van der Waals surface area contributed by atoms with Gasteiger partial charge in [0.2, 0.25) is 5.88 Å². The smallest absolute Gasteiger partial charge is 0.255 e. The van der Waals surface area contributed by atoms with Crippen molar-refractivity contribution in [2.75, 3.05) is 25.6 Å². The summed E-state index contributed by atoms with van der Waals surface area (Å²) in [6, 6.07) is 23.3. The van der Waals surface area contributed by atoms with Crippen LogP contribution in [0.15, 0.2) is 78.9 Å². The van der Waals surface area contributed by atoms with E-state index in [0.29, 0.717) is 59.0 Å². The molecule has 0 unspecified atom stereocenters. The lowest BCUT2D eigenvalue weighted by Gasteiger charge is -2.19. The molecular weight excluding hydrogens is 434 g/mol. The van der Waals surface area contributed by atoms with Gasteiger partial charge < -0.3 is 24.3 Å². The number of anilines is 1. The van der Waals surface area contributed by atoms with E-state index < -0.39 is 0 Å². The molecule has 34 heavy (non-hydrogen) atoms. The van der Waals surface area contributed by atoms with Crippen LogP contribution in [0.25, 0.3) is 11.3 Å². The molecule has 8 nitrogen and oxygen atoms in total. The topological polar surface area (TPSA) is 91.8 Å². The van der Waals surface area contributed by atoms with Crippen molar-refractivity contribution in [2.24, 2.45) is 0 Å². The van der Waals surface area contributed by atoms with Gasteiger partial charge in [-0.3, -0.25) is 4.79 Å². The molecule has 8 heteroatoms. The van der Waals surface area contributed by atoms with E-state index >= 15 is 0 Å². The Balaban J connectivity index is 1.24. The molecule has 170 valence electrons. The molecule has 5 rings (SSSR count). The van der Waals surface area contributed by atoms with E-state index in [9.17, 15) is 4.79 Å². The van der Waals surface area contributed by atoms with Crippen LogP contribution in [0.4, 0.5) is 5.69 Å². The van der Waals surface area contributed by atoms with Gasteiger partial charge in [-0.2, -0.15) is 0 Å². The summed E-state index contributed by atoms with van der Waals surface area (Å²) in [5, 5.41) is 11.3. The zero-order valence-corrected chi connectivity index (χ0v) is 18.4. The molecule has 0 radical (unpaired) electrons. The van der Waals surface area contributed by atoms with E-state index in [4.69, 9.17) is 18.9 Å². The van der Waals surface area contributed by atoms with Gasteiger partial charge >= 0.3 is 0 Å². The maximum atomic E-state index is 12.7. The molecular formula is C26H21N3O5. The molecule has 0 spiro atoms. The summed E-state index contributed by atoms with van der Waals surface area (Å²) in [4.78, 5) is 12.7. The summed E-state index contributed by atoms with van der Waals surface area (Å²) in [7, 11) is 1.60. The molecule has 1 aliphatic heterocycles. The average molecular weight is 455 g/mol. The zero-order chi connectivity index (χ0) is 23.3. The van der Waals surface area contributed by atoms with Crippen LogP contribution in [0.5, 0.6) is 28.9 Å². The fourth-order valence-electron chi connectivity index (χ4n) is 3.43. The van der Waals surface area contributed by atoms with Crippen LogP contribution in [0.1, 0.15) is 10.4 Å². The van der Waals surface area contributed by atoms with Crippen molar-refractivity contribution in [2.45, 2.75) is 0 Å². The molecule has 0 aliphatic carbocycles. The van der Waals surface area contributed by atoms with Crippen LogP contribution in [0.3, 0.4) is 0 Å². The van der Waals surface area contributed by atoms with Gasteiger partial charge in [0.15, 0.2) is 11.5 Å². The van der Waals surface area contributed by atoms with Crippen molar-refractivity contribution in [1.29, 1.82) is 0 Å². The Labute approximate surface area is 196 Å². The number of benzene rings is 3. The number of hydrogen-bond donors (Lipinski definition) is 1. The van der Waals surface area contributed by atoms with E-state index in [1.54, 1.807) is 49.6 Å². The molecule has 0 saturated carbocycles. The molecule has 0 atom stereocenters. The average Bonchev–Trinajstić information content (AvgIpc) is 2.89. The van der Waals surface area contributed by atoms with E-state index in [1.165, 1.54) is 0 Å². The summed E-state index contributed by atoms with van der Waals surface area (Å²) in [6.07, 6.45) is 0. The summed E-state index contributed by atoms with van der Waals surface area (Å²) in [5.74, 6) is 2.74. The first-order valence-electron chi connectivity index (χ1n) is 10.6. The van der Waals surface area contributed by atoms with Crippen molar-refractivity contribution < 1.29 is 23.7 Å². The second kappa shape index (κ2) is 9.50. The number of fused-ring (bicyclic) bond motifs is 1. The zero-order valence-electron chi connectivity index (χ0n) is 18.4. The van der Waals surface area contributed by atoms with Crippen molar-refractivity contribution in [3.8, 4) is 40.1 Å². The van der Waals surface area contributed by atoms with Crippen LogP contribution in [0.2, 0.25) is 0 Å². The molecule has 1 aromatic heterocycles. The van der Waals surface area contributed by atoms with Gasteiger partial charge in [0.05, 0.1) is 12.8 Å². The van der Waals surface area contributed by atoms with E-state index in [1.807, 2.05) is 36.4 Å². The fraction of sp³-hybridized carbons (Fsp3) is 0.115. The predicted octanol–water partition coefficient (Wildman–Crippen LogP) is 4.97. The predicted molar refractivity (Wildman–Crippen MR) is 126 cm³/mol. The molecule has 4 aromatic rings. The lowest BCUT2D eigenvalue weighted by molar-refractivity contribution is 0.102. The van der Waals surface area contributed by atoms with Crippen molar-refractivity contribution in [3.05, 3.63) is 84.4 Å². The minimum atomic E-state index is -0.226. The first-order valence-corrected chi connectivity index (χ1v) is 10.6. The second-order valence-electron chi connectivity index (χ2n) is 7.43. The van der Waals surface area contributed by atoms with Gasteiger partial charge in [-0.15, -0.1) is 10.2 Å². The molecule has 0 saturated heterocycles. The highest BCUT2D eigenvalue weighted by molar-refractivity contribution is 6.04. The van der Waals surface area contributed by atoms with Gasteiger partial charge in [0, 0.05) is 35.0 Å². The molecule has 2 heterocycles. The quantitative estimate of drug-likeness (QED) is 0.439. The van der Waals surface area contributed by atoms with E-state index in [-0.39, 0.29) is 5.91 Å². The SMILES string of the molecule is COc1cccc(Oc2ccc(-c3ccc(C(=O)Nc4ccc5c(c4)OCCO5)cc3)nn2)c1. The van der Waals surface area contributed by atoms with Crippen LogP contribution in [-0.4, -0.2) is 36.4 Å². The monoisotopic (exact) mass is 455 g/mol. The van der Waals surface area contributed by atoms with Crippen LogP contribution in [0, 0.1) is 0 Å². The Morgan fingerprint density at radius 2 is 1.65 bits per heavy atom. The number of carbonyl (C=O) groups excluding carboxylic acids is 1. The van der Waals surface area contributed by atoms with Crippen LogP contribution >= 0.6 is 0 Å². The Morgan fingerprint density at radius 3 is 2.41 bits per heavy atom. The Bertz CT molecular complexity index is 1310. The van der Waals surface area contributed by atoms with E-state index in [0.717, 1.165) is 5.56 Å². The standard InChI is InChI=1S/C26H21N3O5/c1-31-20-3-2-4-21(16-20)34-25-12-10-22(28-29-25)17-5-7-18(8-6-17)26(30)27-19-9-11-23-24(15-19)33-14-13-32-23/h2-12,15-16H,13-14H2,1H3,(H,27,30). The Morgan fingerprint density at radius 1 is 0.853 bits per heavy atom. The number of rotatable bonds is 6. The summed E-state index contributed by atoms with van der Waals surface area (Å²) < 4.78 is 22.0. The van der Waals surface area contributed by atoms with Crippen molar-refractivity contribution >= 4 is 11.6 Å². The largest absolute Gasteiger partial charge is 0.497 e. The highest BCUT2D eigenvalue weighted by atomic mass is 16.6. The van der Waals surface area contributed by atoms with Crippen molar-refractivity contribution in [3.63, 3.8) is 0 Å². The second-order valence-corrected chi connectivity index (χ2v) is 7.43. The normalized spacial score (nSPS) is 12.0. The number of nitrogens with one attached hydrogen (secondary N) is 1. The molecule has 1 aliphatic rings. The number of nitrogens with zero attached hydrogens (tertiary/aromatic N) is 2. The lowest BCUT2D eigenvalue weighted by Crippen LogP contribution is -2.16. The third-order valence-electron chi connectivity index (χ3n) is 5.15. The van der Waals surface area contributed by atoms with Crippen LogP contribution in [-0.2, 0) is 0 Å². The third kappa shape index (κ3) is 4.75. The molecule has 1 amide bonds. The minimum Gasteiger partial charge on any atom is -0.497 e. The first kappa shape index (κ1) is 21.3. The number of hydrogen-bond acceptors (Lipinski definition) is 7. The lowest BCUT2D eigenvalue weighted by atomic mass is 10.1. The van der Waals surface area contributed by atoms with Crippen LogP contribution < -0.4 is 24.3 Å². The van der Waals surface area contributed by atoms with Gasteiger partial charge in [0.1, 0.15) is 24.7 Å². The minimum absolute atomic E-state index is 0.226. The third-order valence-corrected chi connectivity index (χ3v) is 5.15. The number of carbonyl (C=O) groups is 1. The highest BCUT2D eigenvalue weighted by Gasteiger charge is 2.14. The van der Waals surface area contributed by atoms with Gasteiger partial charge in [-0.25, -0.2) is 0 Å². The summed E-state index contributed by atoms with van der Waals surface area (Å²) in [5.41, 5.74) is 2.65. The summed E-state index contributed by atoms with van der Waals surface area (Å²) in [6.45, 7) is 1.01. The number of amides is 1. The first-order chi connectivity index (χ1) is 16.7. The maximum absolute atomic E-state index is 12.7. The molecule has 1 N–H and O–H groups in total. The fourth-order valence-corrected chi connectivity index (χ4v) is 3.43. The molecule has 3 aromatic carbocycles. The summed E-state index contributed by atoms with van der Waals surface area (Å²) >= 11 is 0. The number of aromatic nitrogens is 2. The highest BCUT2D eigenvalue weighted by Crippen LogP contribution is 2.33. The van der Waals surface area contributed by atoms with E-state index in [2.05, 4.69) is 15.5 Å².